The molecule has 0 aliphatic heterocycles. The summed E-state index contributed by atoms with van der Waals surface area (Å²) in [5.74, 6) is 0.598. The van der Waals surface area contributed by atoms with Crippen LogP contribution in [0.15, 0.2) is 60.7 Å². The minimum atomic E-state index is -1.66. The number of rotatable bonds is 3. The molecule has 0 spiro atoms. The van der Waals surface area contributed by atoms with Crippen molar-refractivity contribution in [1.29, 1.82) is 0 Å². The van der Waals surface area contributed by atoms with Crippen LogP contribution in [0.1, 0.15) is 0 Å². The van der Waals surface area contributed by atoms with Crippen LogP contribution in [0.3, 0.4) is 0 Å². The van der Waals surface area contributed by atoms with Crippen molar-refractivity contribution < 1.29 is 14.8 Å². The highest BCUT2D eigenvalue weighted by atomic mass is 35.5. The summed E-state index contributed by atoms with van der Waals surface area (Å²) in [6, 6.07) is 18.4. The van der Waals surface area contributed by atoms with Crippen molar-refractivity contribution >= 4 is 58.0 Å². The molecule has 7 heteroatoms. The molecule has 0 heterocycles. The fraction of sp³-hybridized carbons (Fsp3) is 0. The van der Waals surface area contributed by atoms with Crippen LogP contribution in [0.25, 0.3) is 10.8 Å². The zero-order chi connectivity index (χ0) is 17.1. The molecule has 3 rings (SSSR count). The SMILES string of the molecule is OB(O)c1cccc(NC(=S)Oc2ccc3ccccc3c2)c1Cl. The summed E-state index contributed by atoms with van der Waals surface area (Å²) < 4.78 is 5.62. The van der Waals surface area contributed by atoms with Gasteiger partial charge in [-0.3, -0.25) is 0 Å². The first-order chi connectivity index (χ1) is 11.5. The van der Waals surface area contributed by atoms with Crippen LogP contribution in [-0.4, -0.2) is 22.3 Å². The molecule has 120 valence electrons. The van der Waals surface area contributed by atoms with E-state index in [4.69, 9.17) is 28.6 Å². The standard InChI is InChI=1S/C17H13BClNO3S/c19-16-14(18(21)22)6-3-7-15(16)20-17(24)23-13-9-8-11-4-1-2-5-12(11)10-13/h1-10,21-22H,(H,20,24). The Kier molecular flexibility index (Phi) is 5.01. The molecule has 0 aliphatic rings. The highest BCUT2D eigenvalue weighted by molar-refractivity contribution is 7.80. The van der Waals surface area contributed by atoms with E-state index in [1.165, 1.54) is 6.07 Å². The lowest BCUT2D eigenvalue weighted by Gasteiger charge is -2.13. The van der Waals surface area contributed by atoms with E-state index < -0.39 is 7.12 Å². The van der Waals surface area contributed by atoms with Gasteiger partial charge in [0.1, 0.15) is 5.75 Å². The molecular formula is C17H13BClNO3S. The highest BCUT2D eigenvalue weighted by Gasteiger charge is 2.17. The van der Waals surface area contributed by atoms with Crippen LogP contribution >= 0.6 is 23.8 Å². The van der Waals surface area contributed by atoms with Gasteiger partial charge in [0, 0.05) is 5.46 Å². The largest absolute Gasteiger partial charge is 0.490 e. The molecule has 0 radical (unpaired) electrons. The molecule has 0 saturated heterocycles. The summed E-state index contributed by atoms with van der Waals surface area (Å²) in [7, 11) is -1.66. The minimum absolute atomic E-state index is 0.108. The third-order valence-corrected chi connectivity index (χ3v) is 4.08. The van der Waals surface area contributed by atoms with Gasteiger partial charge in [0.25, 0.3) is 5.17 Å². The normalized spacial score (nSPS) is 10.5. The second-order valence-electron chi connectivity index (χ2n) is 5.11. The van der Waals surface area contributed by atoms with Gasteiger partial charge < -0.3 is 20.1 Å². The lowest BCUT2D eigenvalue weighted by Crippen LogP contribution is -2.31. The molecule has 0 amide bonds. The van der Waals surface area contributed by atoms with Gasteiger partial charge in [0.2, 0.25) is 0 Å². The Hall–Kier alpha value is -2.12. The van der Waals surface area contributed by atoms with Crippen molar-refractivity contribution in [3.8, 4) is 5.75 Å². The predicted octanol–water partition coefficient (Wildman–Crippen LogP) is 2.95. The molecule has 0 saturated carbocycles. The van der Waals surface area contributed by atoms with Crippen LogP contribution in [0.4, 0.5) is 5.69 Å². The van der Waals surface area contributed by atoms with Gasteiger partial charge in [0.05, 0.1) is 10.7 Å². The first kappa shape index (κ1) is 16.7. The van der Waals surface area contributed by atoms with Crippen molar-refractivity contribution in [2.24, 2.45) is 0 Å². The van der Waals surface area contributed by atoms with Crippen molar-refractivity contribution in [3.63, 3.8) is 0 Å². The Labute approximate surface area is 149 Å². The smallest absolute Gasteiger partial charge is 0.432 e. The Bertz CT molecular complexity index is 904. The second-order valence-corrected chi connectivity index (χ2v) is 5.85. The molecule has 3 aromatic rings. The number of ether oxygens (including phenoxy) is 1. The third kappa shape index (κ3) is 3.68. The molecule has 0 unspecified atom stereocenters. The van der Waals surface area contributed by atoms with E-state index in [-0.39, 0.29) is 15.7 Å². The van der Waals surface area contributed by atoms with Crippen LogP contribution < -0.4 is 15.5 Å². The molecule has 0 aromatic heterocycles. The molecular weight excluding hydrogens is 345 g/mol. The summed E-state index contributed by atoms with van der Waals surface area (Å²) in [5.41, 5.74) is 0.628. The van der Waals surface area contributed by atoms with Crippen molar-refractivity contribution in [1.82, 2.24) is 0 Å². The van der Waals surface area contributed by atoms with Gasteiger partial charge in [0.15, 0.2) is 0 Å². The van der Waals surface area contributed by atoms with Crippen LogP contribution in [0.5, 0.6) is 5.75 Å². The number of halogens is 1. The van der Waals surface area contributed by atoms with Crippen molar-refractivity contribution in [2.75, 3.05) is 5.32 Å². The first-order valence-electron chi connectivity index (χ1n) is 7.17. The van der Waals surface area contributed by atoms with Gasteiger partial charge in [-0.1, -0.05) is 54.1 Å². The Morgan fingerprint density at radius 1 is 1.00 bits per heavy atom. The maximum absolute atomic E-state index is 9.28. The number of hydrogen-bond donors (Lipinski definition) is 3. The molecule has 0 bridgehead atoms. The van der Waals surface area contributed by atoms with E-state index in [9.17, 15) is 10.0 Å². The number of thiocarbonyl (C=S) groups is 1. The second kappa shape index (κ2) is 7.19. The topological polar surface area (TPSA) is 61.7 Å². The summed E-state index contributed by atoms with van der Waals surface area (Å²) in [6.07, 6.45) is 0. The fourth-order valence-corrected chi connectivity index (χ4v) is 2.80. The number of nitrogens with one attached hydrogen (secondary N) is 1. The number of fused-ring (bicyclic) bond motifs is 1. The molecule has 4 nitrogen and oxygen atoms in total. The highest BCUT2D eigenvalue weighted by Crippen LogP contribution is 2.23. The molecule has 3 aromatic carbocycles. The maximum Gasteiger partial charge on any atom is 0.490 e. The zero-order valence-corrected chi connectivity index (χ0v) is 14.0. The first-order valence-corrected chi connectivity index (χ1v) is 7.95. The van der Waals surface area contributed by atoms with Crippen LogP contribution in [0, 0.1) is 0 Å². The predicted molar refractivity (Wildman–Crippen MR) is 102 cm³/mol. The Morgan fingerprint density at radius 2 is 1.75 bits per heavy atom. The maximum atomic E-state index is 9.28. The number of anilines is 1. The quantitative estimate of drug-likeness (QED) is 0.497. The molecule has 0 fully saturated rings. The molecule has 24 heavy (non-hydrogen) atoms. The van der Waals surface area contributed by atoms with E-state index in [2.05, 4.69) is 5.32 Å². The van der Waals surface area contributed by atoms with E-state index >= 15 is 0 Å². The van der Waals surface area contributed by atoms with E-state index in [0.717, 1.165) is 10.8 Å². The number of benzene rings is 3. The summed E-state index contributed by atoms with van der Waals surface area (Å²) in [4.78, 5) is 0. The van der Waals surface area contributed by atoms with Gasteiger partial charge in [-0.05, 0) is 41.2 Å². The van der Waals surface area contributed by atoms with Gasteiger partial charge in [-0.25, -0.2) is 0 Å². The monoisotopic (exact) mass is 357 g/mol. The van der Waals surface area contributed by atoms with E-state index in [1.54, 1.807) is 12.1 Å². The summed E-state index contributed by atoms with van der Waals surface area (Å²) >= 11 is 11.3. The average Bonchev–Trinajstić information content (AvgIpc) is 2.56. The lowest BCUT2D eigenvalue weighted by atomic mass is 9.80. The third-order valence-electron chi connectivity index (χ3n) is 3.47. The van der Waals surface area contributed by atoms with Gasteiger partial charge >= 0.3 is 7.12 Å². The van der Waals surface area contributed by atoms with Crippen molar-refractivity contribution in [2.45, 2.75) is 0 Å². The Morgan fingerprint density at radius 3 is 2.50 bits per heavy atom. The van der Waals surface area contributed by atoms with Crippen molar-refractivity contribution in [3.05, 3.63) is 65.7 Å². The fourth-order valence-electron chi connectivity index (χ4n) is 2.32. The summed E-state index contributed by atoms with van der Waals surface area (Å²) in [6.45, 7) is 0. The number of hydrogen-bond acceptors (Lipinski definition) is 4. The molecule has 3 N–H and O–H groups in total. The lowest BCUT2D eigenvalue weighted by molar-refractivity contribution is 0.426. The molecule has 0 atom stereocenters. The van der Waals surface area contributed by atoms with Gasteiger partial charge in [-0.15, -0.1) is 0 Å². The van der Waals surface area contributed by atoms with Crippen LogP contribution in [-0.2, 0) is 0 Å². The van der Waals surface area contributed by atoms with Gasteiger partial charge in [-0.2, -0.15) is 0 Å². The Balaban J connectivity index is 1.76. The average molecular weight is 358 g/mol. The minimum Gasteiger partial charge on any atom is -0.432 e. The van der Waals surface area contributed by atoms with Crippen LogP contribution in [0.2, 0.25) is 5.02 Å². The summed E-state index contributed by atoms with van der Waals surface area (Å²) in [5, 5.41) is 23.8. The zero-order valence-electron chi connectivity index (χ0n) is 12.4. The van der Waals surface area contributed by atoms with E-state index in [1.807, 2.05) is 42.5 Å². The van der Waals surface area contributed by atoms with E-state index in [0.29, 0.717) is 11.4 Å². The molecule has 0 aliphatic carbocycles.